The molecule has 1 saturated carbocycles. The lowest BCUT2D eigenvalue weighted by Gasteiger charge is -2.29. The lowest BCUT2D eigenvalue weighted by atomic mass is 10.0. The minimum absolute atomic E-state index is 0.0320. The van der Waals surface area contributed by atoms with Crippen LogP contribution in [0.3, 0.4) is 0 Å². The van der Waals surface area contributed by atoms with Crippen molar-refractivity contribution in [3.05, 3.63) is 78.4 Å². The van der Waals surface area contributed by atoms with E-state index in [1.165, 1.54) is 18.5 Å². The van der Waals surface area contributed by atoms with Gasteiger partial charge in [0, 0.05) is 36.9 Å². The topological polar surface area (TPSA) is 51.5 Å². The van der Waals surface area contributed by atoms with Gasteiger partial charge < -0.3 is 24.3 Å². The molecule has 0 unspecified atom stereocenters. The highest BCUT2D eigenvalue weighted by Gasteiger charge is 2.42. The van der Waals surface area contributed by atoms with Crippen LogP contribution in [0.4, 0.5) is 5.69 Å². The number of hydrogen-bond acceptors (Lipinski definition) is 4. The molecule has 0 radical (unpaired) electrons. The monoisotopic (exact) mass is 488 g/mol. The van der Waals surface area contributed by atoms with Crippen LogP contribution in [0.5, 0.6) is 5.75 Å². The Hall–Kier alpha value is -2.90. The van der Waals surface area contributed by atoms with E-state index in [4.69, 9.17) is 21.7 Å². The Balaban J connectivity index is 1.33. The van der Waals surface area contributed by atoms with Crippen molar-refractivity contribution in [3.8, 4) is 5.75 Å². The van der Waals surface area contributed by atoms with Gasteiger partial charge >= 0.3 is 0 Å². The molecular weight excluding hydrogens is 456 g/mol. The van der Waals surface area contributed by atoms with Crippen LogP contribution in [0, 0.1) is 0 Å². The summed E-state index contributed by atoms with van der Waals surface area (Å²) in [7, 11) is 0. The fourth-order valence-corrected chi connectivity index (χ4v) is 6.03. The molecule has 1 N–H and O–H groups in total. The van der Waals surface area contributed by atoms with E-state index >= 15 is 0 Å². The molecule has 3 atom stereocenters. The summed E-state index contributed by atoms with van der Waals surface area (Å²) in [5.74, 6) is 0.929. The maximum absolute atomic E-state index is 6.21. The number of hydrogen-bond donors (Lipinski definition) is 1. The molecule has 182 valence electrons. The molecule has 4 heterocycles. The molecule has 3 aromatic rings. The normalized spacial score (nSPS) is 24.7. The molecule has 2 saturated heterocycles. The van der Waals surface area contributed by atoms with Gasteiger partial charge in [-0.25, -0.2) is 0 Å². The van der Waals surface area contributed by atoms with Crippen molar-refractivity contribution in [2.75, 3.05) is 11.5 Å². The van der Waals surface area contributed by atoms with Gasteiger partial charge in [0.25, 0.3) is 0 Å². The molecule has 2 aliphatic heterocycles. The van der Waals surface area contributed by atoms with Crippen molar-refractivity contribution in [3.63, 3.8) is 0 Å². The molecule has 0 bridgehead atoms. The third-order valence-electron chi connectivity index (χ3n) is 7.41. The number of anilines is 1. The average Bonchev–Trinajstić information content (AvgIpc) is 3.69. The van der Waals surface area contributed by atoms with Crippen molar-refractivity contribution in [2.24, 2.45) is 0 Å². The van der Waals surface area contributed by atoms with Gasteiger partial charge in [0.05, 0.1) is 23.9 Å². The van der Waals surface area contributed by atoms with Gasteiger partial charge in [-0.1, -0.05) is 6.07 Å². The van der Waals surface area contributed by atoms with Crippen LogP contribution in [-0.2, 0) is 11.3 Å². The number of benzene rings is 1. The molecule has 7 heteroatoms. The van der Waals surface area contributed by atoms with E-state index in [0.717, 1.165) is 56.0 Å². The van der Waals surface area contributed by atoms with Crippen molar-refractivity contribution in [1.29, 1.82) is 0 Å². The Bertz CT molecular complexity index is 1140. The van der Waals surface area contributed by atoms with Gasteiger partial charge in [-0.2, -0.15) is 0 Å². The van der Waals surface area contributed by atoms with Gasteiger partial charge in [-0.05, 0) is 99.3 Å². The number of thiocarbonyl (C=S) groups is 1. The first-order valence-electron chi connectivity index (χ1n) is 12.8. The molecule has 3 aliphatic rings. The summed E-state index contributed by atoms with van der Waals surface area (Å²) in [6, 6.07) is 18.7. The van der Waals surface area contributed by atoms with E-state index in [0.29, 0.717) is 11.2 Å². The number of pyridine rings is 1. The number of aromatic nitrogens is 2. The first-order valence-corrected chi connectivity index (χ1v) is 13.2. The molecule has 1 aromatic carbocycles. The van der Waals surface area contributed by atoms with Gasteiger partial charge in [0.1, 0.15) is 11.8 Å². The van der Waals surface area contributed by atoms with Crippen LogP contribution in [0.25, 0.3) is 0 Å². The second kappa shape index (κ2) is 9.99. The molecule has 6 rings (SSSR count). The minimum Gasteiger partial charge on any atom is -0.490 e. The zero-order chi connectivity index (χ0) is 23.6. The summed E-state index contributed by atoms with van der Waals surface area (Å²) in [5, 5.41) is 4.28. The van der Waals surface area contributed by atoms with Crippen molar-refractivity contribution < 1.29 is 9.47 Å². The molecule has 6 nitrogen and oxygen atoms in total. The van der Waals surface area contributed by atoms with E-state index in [1.54, 1.807) is 0 Å². The Morgan fingerprint density at radius 1 is 1.00 bits per heavy atom. The van der Waals surface area contributed by atoms with Crippen molar-refractivity contribution in [1.82, 2.24) is 14.9 Å². The second-order valence-electron chi connectivity index (χ2n) is 9.74. The molecule has 3 fully saturated rings. The SMILES string of the molecule is S=C1N[C@H](c2ccccn2)[C@H](c2cccn2C[C@@H]2CCCO2)N1c1ccc(OC2CCCC2)cc1. The lowest BCUT2D eigenvalue weighted by molar-refractivity contribution is 0.0961. The standard InChI is InChI=1S/C28H32N4O2S/c35-28-30-26(24-10-3-4-16-29-24)27(25-11-5-17-31(25)19-23-9-6-18-33-23)32(28)20-12-14-22(15-13-20)34-21-7-1-2-8-21/h3-5,10-17,21,23,26-27H,1-2,6-9,18-19H2,(H,30,35)/t23-,26+,27-/m0/s1. The number of rotatable bonds is 7. The lowest BCUT2D eigenvalue weighted by Crippen LogP contribution is -2.31. The van der Waals surface area contributed by atoms with Crippen molar-refractivity contribution >= 4 is 23.0 Å². The van der Waals surface area contributed by atoms with E-state index in [-0.39, 0.29) is 18.2 Å². The Morgan fingerprint density at radius 2 is 1.86 bits per heavy atom. The third-order valence-corrected chi connectivity index (χ3v) is 7.72. The first kappa shape index (κ1) is 22.6. The third kappa shape index (κ3) is 4.67. The molecular formula is C28H32N4O2S. The highest BCUT2D eigenvalue weighted by Crippen LogP contribution is 2.42. The highest BCUT2D eigenvalue weighted by atomic mass is 32.1. The Labute approximate surface area is 212 Å². The van der Waals surface area contributed by atoms with Crippen LogP contribution < -0.4 is 15.0 Å². The number of nitrogens with zero attached hydrogens (tertiary/aromatic N) is 3. The summed E-state index contributed by atoms with van der Waals surface area (Å²) in [6.45, 7) is 1.71. The van der Waals surface area contributed by atoms with Gasteiger partial charge in [-0.3, -0.25) is 4.98 Å². The van der Waals surface area contributed by atoms with Crippen LogP contribution in [0.2, 0.25) is 0 Å². The smallest absolute Gasteiger partial charge is 0.174 e. The van der Waals surface area contributed by atoms with E-state index in [2.05, 4.69) is 68.4 Å². The summed E-state index contributed by atoms with van der Waals surface area (Å²) in [5.41, 5.74) is 3.23. The second-order valence-corrected chi connectivity index (χ2v) is 10.1. The van der Waals surface area contributed by atoms with Crippen LogP contribution in [0.15, 0.2) is 67.0 Å². The molecule has 35 heavy (non-hydrogen) atoms. The van der Waals surface area contributed by atoms with Crippen LogP contribution in [0.1, 0.15) is 62.0 Å². The van der Waals surface area contributed by atoms with Gasteiger partial charge in [-0.15, -0.1) is 0 Å². The Morgan fingerprint density at radius 3 is 2.60 bits per heavy atom. The van der Waals surface area contributed by atoms with Gasteiger partial charge in [0.15, 0.2) is 5.11 Å². The zero-order valence-corrected chi connectivity index (χ0v) is 20.7. The summed E-state index contributed by atoms with van der Waals surface area (Å²) in [6.07, 6.45) is 11.7. The maximum atomic E-state index is 6.21. The van der Waals surface area contributed by atoms with Crippen LogP contribution in [-0.4, -0.2) is 33.5 Å². The summed E-state index contributed by atoms with van der Waals surface area (Å²) >= 11 is 5.91. The molecule has 2 aromatic heterocycles. The largest absolute Gasteiger partial charge is 0.490 e. The Kier molecular flexibility index (Phi) is 6.44. The minimum atomic E-state index is -0.0590. The number of ether oxygens (including phenoxy) is 2. The van der Waals surface area contributed by atoms with Crippen molar-refractivity contribution in [2.45, 2.75) is 69.4 Å². The van der Waals surface area contributed by atoms with Crippen LogP contribution >= 0.6 is 12.2 Å². The highest BCUT2D eigenvalue weighted by molar-refractivity contribution is 7.80. The molecule has 0 amide bonds. The summed E-state index contributed by atoms with van der Waals surface area (Å²) < 4.78 is 14.5. The number of nitrogens with one attached hydrogen (secondary N) is 1. The van der Waals surface area contributed by atoms with Gasteiger partial charge in [0.2, 0.25) is 0 Å². The fraction of sp³-hybridized carbons (Fsp3) is 0.429. The predicted octanol–water partition coefficient (Wildman–Crippen LogP) is 5.56. The average molecular weight is 489 g/mol. The maximum Gasteiger partial charge on any atom is 0.174 e. The van der Waals surface area contributed by atoms with E-state index < -0.39 is 0 Å². The zero-order valence-electron chi connectivity index (χ0n) is 19.9. The first-order chi connectivity index (χ1) is 17.3. The molecule has 0 spiro atoms. The summed E-state index contributed by atoms with van der Waals surface area (Å²) in [4.78, 5) is 6.92. The quantitative estimate of drug-likeness (QED) is 0.440. The fourth-order valence-electron chi connectivity index (χ4n) is 5.69. The van der Waals surface area contributed by atoms with E-state index in [9.17, 15) is 0 Å². The van der Waals surface area contributed by atoms with E-state index in [1.807, 2.05) is 18.3 Å². The molecule has 1 aliphatic carbocycles. The predicted molar refractivity (Wildman–Crippen MR) is 141 cm³/mol.